The monoisotopic (exact) mass is 281 g/mol. The third-order valence-electron chi connectivity index (χ3n) is 3.55. The van der Waals surface area contributed by atoms with Gasteiger partial charge in [-0.25, -0.2) is 0 Å². The molecule has 0 aliphatic heterocycles. The van der Waals surface area contributed by atoms with Gasteiger partial charge >= 0.3 is 0 Å². The summed E-state index contributed by atoms with van der Waals surface area (Å²) in [5, 5.41) is 16.4. The van der Waals surface area contributed by atoms with Gasteiger partial charge in [0.15, 0.2) is 0 Å². The van der Waals surface area contributed by atoms with Gasteiger partial charge in [-0.1, -0.05) is 42.0 Å². The predicted molar refractivity (Wildman–Crippen MR) is 80.9 cm³/mol. The van der Waals surface area contributed by atoms with Gasteiger partial charge in [-0.3, -0.25) is 14.8 Å². The lowest BCUT2D eigenvalue weighted by atomic mass is 10.1. The highest BCUT2D eigenvalue weighted by Crippen LogP contribution is 2.24. The van der Waals surface area contributed by atoms with E-state index in [1.807, 2.05) is 55.5 Å². The highest BCUT2D eigenvalue weighted by atomic mass is 16.6. The first kappa shape index (κ1) is 13.3. The third kappa shape index (κ3) is 2.63. The maximum atomic E-state index is 11.0. The molecule has 0 aliphatic rings. The zero-order chi connectivity index (χ0) is 14.8. The van der Waals surface area contributed by atoms with Crippen LogP contribution in [-0.4, -0.2) is 21.2 Å². The van der Waals surface area contributed by atoms with Crippen molar-refractivity contribution < 1.29 is 4.92 Å². The molecule has 0 amide bonds. The molecule has 2 aromatic carbocycles. The van der Waals surface area contributed by atoms with Crippen LogP contribution in [0.4, 0.5) is 0 Å². The minimum Gasteiger partial charge on any atom is -0.264 e. The Hall–Kier alpha value is -2.69. The Bertz CT molecular complexity index is 781. The van der Waals surface area contributed by atoms with Crippen LogP contribution in [0.5, 0.6) is 0 Å². The number of hydrogen-bond donors (Lipinski definition) is 0. The zero-order valence-corrected chi connectivity index (χ0v) is 11.6. The van der Waals surface area contributed by atoms with E-state index in [4.69, 9.17) is 0 Å². The first-order chi connectivity index (χ1) is 10.1. The molecule has 0 saturated heterocycles. The van der Waals surface area contributed by atoms with Crippen molar-refractivity contribution in [3.63, 3.8) is 0 Å². The third-order valence-corrected chi connectivity index (χ3v) is 3.55. The van der Waals surface area contributed by atoms with Crippen molar-refractivity contribution in [2.75, 3.05) is 6.54 Å². The molecule has 21 heavy (non-hydrogen) atoms. The van der Waals surface area contributed by atoms with Gasteiger partial charge in [0.1, 0.15) is 6.04 Å². The average molecular weight is 281 g/mol. The topological polar surface area (TPSA) is 61.0 Å². The molecule has 1 atom stereocenters. The number of hydrogen-bond acceptors (Lipinski definition) is 3. The molecule has 0 fully saturated rings. The van der Waals surface area contributed by atoms with Gasteiger partial charge in [0.2, 0.25) is 6.54 Å². The van der Waals surface area contributed by atoms with Gasteiger partial charge in [0.25, 0.3) is 0 Å². The summed E-state index contributed by atoms with van der Waals surface area (Å²) in [6.45, 7) is 1.83. The second-order valence-electron chi connectivity index (χ2n) is 5.09. The van der Waals surface area contributed by atoms with E-state index in [-0.39, 0.29) is 11.5 Å². The van der Waals surface area contributed by atoms with E-state index >= 15 is 0 Å². The Morgan fingerprint density at radius 1 is 1.24 bits per heavy atom. The first-order valence-electron chi connectivity index (χ1n) is 6.76. The van der Waals surface area contributed by atoms with Crippen molar-refractivity contribution >= 4 is 10.9 Å². The van der Waals surface area contributed by atoms with Crippen molar-refractivity contribution in [2.24, 2.45) is 0 Å². The van der Waals surface area contributed by atoms with Crippen LogP contribution in [0.1, 0.15) is 17.2 Å². The molecule has 0 N–H and O–H groups in total. The fourth-order valence-electron chi connectivity index (χ4n) is 2.56. The van der Waals surface area contributed by atoms with Crippen molar-refractivity contribution in [3.8, 4) is 0 Å². The van der Waals surface area contributed by atoms with E-state index in [0.29, 0.717) is 0 Å². The minimum absolute atomic E-state index is 0.186. The molecule has 3 aromatic rings. The van der Waals surface area contributed by atoms with Gasteiger partial charge in [-0.05, 0) is 24.6 Å². The molecular formula is C16H15N3O2. The predicted octanol–water partition coefficient (Wildman–Crippen LogP) is 3.21. The van der Waals surface area contributed by atoms with Crippen LogP contribution in [0.25, 0.3) is 10.9 Å². The summed E-state index contributed by atoms with van der Waals surface area (Å²) in [6.07, 6.45) is 1.76. The normalized spacial score (nSPS) is 12.4. The Balaban J connectivity index is 2.12. The molecule has 0 unspecified atom stereocenters. The lowest BCUT2D eigenvalue weighted by molar-refractivity contribution is -0.484. The SMILES string of the molecule is Cc1ccc2c(cnn2[C@H](C[N+](=O)[O-])c2ccccc2)c1. The highest BCUT2D eigenvalue weighted by Gasteiger charge is 2.22. The van der Waals surface area contributed by atoms with Gasteiger partial charge in [-0.15, -0.1) is 0 Å². The van der Waals surface area contributed by atoms with Crippen LogP contribution >= 0.6 is 0 Å². The fraction of sp³-hybridized carbons (Fsp3) is 0.188. The fourth-order valence-corrected chi connectivity index (χ4v) is 2.56. The molecular weight excluding hydrogens is 266 g/mol. The van der Waals surface area contributed by atoms with Crippen molar-refractivity contribution in [2.45, 2.75) is 13.0 Å². The van der Waals surface area contributed by atoms with Gasteiger partial charge in [-0.2, -0.15) is 5.10 Å². The Labute approximate surface area is 122 Å². The molecule has 0 saturated carbocycles. The number of benzene rings is 2. The van der Waals surface area contributed by atoms with Crippen LogP contribution in [0.15, 0.2) is 54.7 Å². The lowest BCUT2D eigenvalue weighted by Gasteiger charge is -2.15. The summed E-state index contributed by atoms with van der Waals surface area (Å²) in [6, 6.07) is 15.1. The molecule has 0 bridgehead atoms. The van der Waals surface area contributed by atoms with Crippen LogP contribution in [0.3, 0.4) is 0 Å². The summed E-state index contributed by atoms with van der Waals surface area (Å²) in [5.74, 6) is 0. The number of aryl methyl sites for hydroxylation is 1. The van der Waals surface area contributed by atoms with Gasteiger partial charge < -0.3 is 0 Å². The average Bonchev–Trinajstić information content (AvgIpc) is 2.88. The molecule has 1 aromatic heterocycles. The summed E-state index contributed by atoms with van der Waals surface area (Å²) < 4.78 is 1.74. The largest absolute Gasteiger partial charge is 0.264 e. The van der Waals surface area contributed by atoms with Crippen LogP contribution < -0.4 is 0 Å². The standard InChI is InChI=1S/C16H15N3O2/c1-12-7-8-15-14(9-12)10-17-19(15)16(11-18(20)21)13-5-3-2-4-6-13/h2-10,16H,11H2,1H3/t16-/m1/s1. The zero-order valence-electron chi connectivity index (χ0n) is 11.6. The van der Waals surface area contributed by atoms with E-state index in [0.717, 1.165) is 22.0 Å². The Morgan fingerprint density at radius 2 is 2.00 bits per heavy atom. The van der Waals surface area contributed by atoms with Crippen LogP contribution in [-0.2, 0) is 0 Å². The van der Waals surface area contributed by atoms with Crippen LogP contribution in [0.2, 0.25) is 0 Å². The molecule has 5 heteroatoms. The van der Waals surface area contributed by atoms with Gasteiger partial charge in [0.05, 0.1) is 11.7 Å². The first-order valence-corrected chi connectivity index (χ1v) is 6.76. The minimum atomic E-state index is -0.401. The van der Waals surface area contributed by atoms with Crippen LogP contribution in [0, 0.1) is 17.0 Å². The second kappa shape index (κ2) is 5.36. The van der Waals surface area contributed by atoms with Crippen molar-refractivity contribution in [3.05, 3.63) is 76.0 Å². The summed E-state index contributed by atoms with van der Waals surface area (Å²) in [4.78, 5) is 10.7. The summed E-state index contributed by atoms with van der Waals surface area (Å²) in [5.41, 5.74) is 2.95. The summed E-state index contributed by atoms with van der Waals surface area (Å²) >= 11 is 0. The Morgan fingerprint density at radius 3 is 2.71 bits per heavy atom. The molecule has 5 nitrogen and oxygen atoms in total. The van der Waals surface area contributed by atoms with E-state index < -0.39 is 6.04 Å². The quantitative estimate of drug-likeness (QED) is 0.545. The van der Waals surface area contributed by atoms with E-state index in [1.165, 1.54) is 0 Å². The molecule has 3 rings (SSSR count). The molecule has 0 aliphatic carbocycles. The summed E-state index contributed by atoms with van der Waals surface area (Å²) in [7, 11) is 0. The molecule has 1 heterocycles. The number of rotatable bonds is 4. The van der Waals surface area contributed by atoms with E-state index in [1.54, 1.807) is 10.9 Å². The second-order valence-corrected chi connectivity index (χ2v) is 5.09. The van der Waals surface area contributed by atoms with Gasteiger partial charge in [0, 0.05) is 10.3 Å². The van der Waals surface area contributed by atoms with E-state index in [9.17, 15) is 10.1 Å². The van der Waals surface area contributed by atoms with Crippen molar-refractivity contribution in [1.82, 2.24) is 9.78 Å². The molecule has 0 spiro atoms. The highest BCUT2D eigenvalue weighted by molar-refractivity contribution is 5.79. The number of fused-ring (bicyclic) bond motifs is 1. The molecule has 106 valence electrons. The Kier molecular flexibility index (Phi) is 3.39. The number of nitrogens with zero attached hydrogens (tertiary/aromatic N) is 3. The van der Waals surface area contributed by atoms with Crippen molar-refractivity contribution in [1.29, 1.82) is 0 Å². The number of nitro groups is 1. The maximum absolute atomic E-state index is 11.0. The lowest BCUT2D eigenvalue weighted by Crippen LogP contribution is -2.21. The van der Waals surface area contributed by atoms with E-state index in [2.05, 4.69) is 5.10 Å². The molecule has 0 radical (unpaired) electrons. The number of aromatic nitrogens is 2. The maximum Gasteiger partial charge on any atom is 0.230 e. The smallest absolute Gasteiger partial charge is 0.230 e.